The summed E-state index contributed by atoms with van der Waals surface area (Å²) in [4.78, 5) is 25.5. The molecule has 0 radical (unpaired) electrons. The number of morpholine rings is 1. The molecule has 1 aromatic carbocycles. The highest BCUT2D eigenvalue weighted by Gasteiger charge is 2.32. The largest absolute Gasteiger partial charge is 0.386 e. The van der Waals surface area contributed by atoms with Crippen molar-refractivity contribution < 1.29 is 19.4 Å². The van der Waals surface area contributed by atoms with Crippen LogP contribution in [0.4, 0.5) is 5.69 Å². The number of hydrogen-bond acceptors (Lipinski definition) is 4. The van der Waals surface area contributed by atoms with E-state index in [4.69, 9.17) is 4.74 Å². The van der Waals surface area contributed by atoms with Crippen molar-refractivity contribution in [1.29, 1.82) is 0 Å². The van der Waals surface area contributed by atoms with Gasteiger partial charge in [0.2, 0.25) is 11.8 Å². The summed E-state index contributed by atoms with van der Waals surface area (Å²) in [6, 6.07) is 6.77. The van der Waals surface area contributed by atoms with Gasteiger partial charge in [-0.15, -0.1) is 0 Å². The molecule has 2 amide bonds. The summed E-state index contributed by atoms with van der Waals surface area (Å²) in [6.45, 7) is 0.370. The van der Waals surface area contributed by atoms with E-state index in [1.165, 1.54) is 11.3 Å². The molecular formula is C19H26N2O4. The zero-order chi connectivity index (χ0) is 17.8. The summed E-state index contributed by atoms with van der Waals surface area (Å²) in [5.74, 6) is 0.0590. The topological polar surface area (TPSA) is 78.9 Å². The molecule has 136 valence electrons. The summed E-state index contributed by atoms with van der Waals surface area (Å²) in [5, 5.41) is 13.5. The van der Waals surface area contributed by atoms with E-state index < -0.39 is 12.1 Å². The number of aliphatic hydroxyl groups is 1. The molecular weight excluding hydrogens is 320 g/mol. The summed E-state index contributed by atoms with van der Waals surface area (Å²) in [6.07, 6.45) is 4.57. The number of benzene rings is 1. The number of anilines is 1. The van der Waals surface area contributed by atoms with Crippen LogP contribution in [0, 0.1) is 5.92 Å². The molecule has 0 unspecified atom stereocenters. The summed E-state index contributed by atoms with van der Waals surface area (Å²) < 4.78 is 5.24. The Bertz CT molecular complexity index is 610. The number of nitrogens with zero attached hydrogens (tertiary/aromatic N) is 1. The van der Waals surface area contributed by atoms with Crippen molar-refractivity contribution in [3.63, 3.8) is 0 Å². The van der Waals surface area contributed by atoms with Gasteiger partial charge in [-0.1, -0.05) is 31.4 Å². The fourth-order valence-corrected chi connectivity index (χ4v) is 3.56. The number of ether oxygens (including phenoxy) is 1. The van der Waals surface area contributed by atoms with Crippen molar-refractivity contribution >= 4 is 17.5 Å². The summed E-state index contributed by atoms with van der Waals surface area (Å²) in [7, 11) is 1.68. The summed E-state index contributed by atoms with van der Waals surface area (Å²) in [5.41, 5.74) is 1.43. The van der Waals surface area contributed by atoms with Crippen molar-refractivity contribution in [2.45, 2.75) is 44.2 Å². The lowest BCUT2D eigenvalue weighted by molar-refractivity contribution is -0.151. The molecule has 1 saturated heterocycles. The molecule has 3 rings (SSSR count). The molecule has 0 bridgehead atoms. The van der Waals surface area contributed by atoms with Crippen LogP contribution in [-0.4, -0.2) is 48.1 Å². The van der Waals surface area contributed by atoms with Crippen molar-refractivity contribution in [2.75, 3.05) is 25.6 Å². The molecule has 0 spiro atoms. The zero-order valence-electron chi connectivity index (χ0n) is 14.6. The number of nitrogens with one attached hydrogen (secondary N) is 1. The van der Waals surface area contributed by atoms with Crippen LogP contribution in [0.2, 0.25) is 0 Å². The molecule has 0 aromatic heterocycles. The molecule has 1 saturated carbocycles. The van der Waals surface area contributed by atoms with Crippen LogP contribution in [0.5, 0.6) is 0 Å². The van der Waals surface area contributed by atoms with E-state index >= 15 is 0 Å². The van der Waals surface area contributed by atoms with Crippen LogP contribution in [0.1, 0.15) is 43.8 Å². The molecule has 1 aliphatic heterocycles. The number of amides is 2. The SMILES string of the molecule is CN1C(=O)COC[C@@H]1[C@H](O)c1ccc(NC(=O)C2CCCCC2)cc1. The Morgan fingerprint density at radius 1 is 1.24 bits per heavy atom. The number of aliphatic hydroxyl groups excluding tert-OH is 1. The fraction of sp³-hybridized carbons (Fsp3) is 0.579. The Balaban J connectivity index is 1.61. The van der Waals surface area contributed by atoms with E-state index in [-0.39, 0.29) is 24.3 Å². The number of carbonyl (C=O) groups excluding carboxylic acids is 2. The van der Waals surface area contributed by atoms with Crippen LogP contribution < -0.4 is 5.32 Å². The molecule has 2 fully saturated rings. The Labute approximate surface area is 148 Å². The Morgan fingerprint density at radius 2 is 1.92 bits per heavy atom. The second-order valence-electron chi connectivity index (χ2n) is 6.98. The molecule has 1 aliphatic carbocycles. The van der Waals surface area contributed by atoms with Gasteiger partial charge in [-0.25, -0.2) is 0 Å². The van der Waals surface area contributed by atoms with Gasteiger partial charge in [0.05, 0.1) is 12.6 Å². The van der Waals surface area contributed by atoms with Crippen LogP contribution in [-0.2, 0) is 14.3 Å². The average molecular weight is 346 g/mol. The number of rotatable bonds is 4. The second-order valence-corrected chi connectivity index (χ2v) is 6.98. The monoisotopic (exact) mass is 346 g/mol. The molecule has 2 aliphatic rings. The van der Waals surface area contributed by atoms with Gasteiger partial charge in [-0.2, -0.15) is 0 Å². The standard InChI is InChI=1S/C19H26N2O4/c1-21-16(11-25-12-17(21)22)18(23)13-7-9-15(10-8-13)20-19(24)14-5-3-2-4-6-14/h7-10,14,16,18,23H,2-6,11-12H2,1H3,(H,20,24)/t16-,18-/m1/s1. The first kappa shape index (κ1) is 17.9. The Morgan fingerprint density at radius 3 is 2.60 bits per heavy atom. The molecule has 2 atom stereocenters. The minimum atomic E-state index is -0.822. The molecule has 25 heavy (non-hydrogen) atoms. The predicted molar refractivity (Wildman–Crippen MR) is 94.0 cm³/mol. The van der Waals surface area contributed by atoms with Gasteiger partial charge >= 0.3 is 0 Å². The van der Waals surface area contributed by atoms with E-state index in [1.54, 1.807) is 31.3 Å². The maximum atomic E-state index is 12.3. The first-order valence-corrected chi connectivity index (χ1v) is 8.98. The Hall–Kier alpha value is -1.92. The first-order valence-electron chi connectivity index (χ1n) is 8.98. The van der Waals surface area contributed by atoms with E-state index in [1.807, 2.05) is 0 Å². The zero-order valence-corrected chi connectivity index (χ0v) is 14.6. The van der Waals surface area contributed by atoms with E-state index in [2.05, 4.69) is 5.32 Å². The van der Waals surface area contributed by atoms with Gasteiger partial charge in [0.1, 0.15) is 12.7 Å². The second kappa shape index (κ2) is 7.97. The number of hydrogen-bond donors (Lipinski definition) is 2. The first-order chi connectivity index (χ1) is 12.1. The van der Waals surface area contributed by atoms with Crippen molar-refractivity contribution in [2.24, 2.45) is 5.92 Å². The smallest absolute Gasteiger partial charge is 0.248 e. The van der Waals surface area contributed by atoms with Crippen LogP contribution in [0.3, 0.4) is 0 Å². The van der Waals surface area contributed by atoms with Crippen molar-refractivity contribution in [3.05, 3.63) is 29.8 Å². The quantitative estimate of drug-likeness (QED) is 0.875. The van der Waals surface area contributed by atoms with Gasteiger partial charge in [0.25, 0.3) is 0 Å². The number of likely N-dealkylation sites (N-methyl/N-ethyl adjacent to an activating group) is 1. The van der Waals surface area contributed by atoms with E-state index in [9.17, 15) is 14.7 Å². The van der Waals surface area contributed by atoms with Gasteiger partial charge < -0.3 is 20.1 Å². The predicted octanol–water partition coefficient (Wildman–Crippen LogP) is 2.10. The Kier molecular flexibility index (Phi) is 5.71. The highest BCUT2D eigenvalue weighted by atomic mass is 16.5. The van der Waals surface area contributed by atoms with Crippen LogP contribution >= 0.6 is 0 Å². The molecule has 1 aromatic rings. The van der Waals surface area contributed by atoms with Crippen LogP contribution in [0.15, 0.2) is 24.3 Å². The maximum absolute atomic E-state index is 12.3. The third kappa shape index (κ3) is 4.19. The number of carbonyl (C=O) groups is 2. The van der Waals surface area contributed by atoms with Gasteiger partial charge in [0.15, 0.2) is 0 Å². The molecule has 6 nitrogen and oxygen atoms in total. The summed E-state index contributed by atoms with van der Waals surface area (Å²) >= 11 is 0. The van der Waals surface area contributed by atoms with Crippen molar-refractivity contribution in [3.8, 4) is 0 Å². The van der Waals surface area contributed by atoms with Gasteiger partial charge in [-0.05, 0) is 30.5 Å². The molecule has 1 heterocycles. The van der Waals surface area contributed by atoms with E-state index in [0.29, 0.717) is 12.2 Å². The lowest BCUT2D eigenvalue weighted by Gasteiger charge is -2.35. The highest BCUT2D eigenvalue weighted by molar-refractivity contribution is 5.92. The normalized spacial score (nSPS) is 23.4. The van der Waals surface area contributed by atoms with Crippen LogP contribution in [0.25, 0.3) is 0 Å². The maximum Gasteiger partial charge on any atom is 0.248 e. The van der Waals surface area contributed by atoms with Crippen molar-refractivity contribution in [1.82, 2.24) is 4.90 Å². The molecule has 2 N–H and O–H groups in total. The minimum Gasteiger partial charge on any atom is -0.386 e. The van der Waals surface area contributed by atoms with Gasteiger partial charge in [-0.3, -0.25) is 9.59 Å². The minimum absolute atomic E-state index is 0.0614. The average Bonchev–Trinajstić information content (AvgIpc) is 2.65. The van der Waals surface area contributed by atoms with E-state index in [0.717, 1.165) is 31.4 Å². The van der Waals surface area contributed by atoms with Gasteiger partial charge in [0, 0.05) is 18.7 Å². The molecule has 6 heteroatoms. The third-order valence-corrected chi connectivity index (χ3v) is 5.27. The third-order valence-electron chi connectivity index (χ3n) is 5.27. The lowest BCUT2D eigenvalue weighted by atomic mass is 9.88. The lowest BCUT2D eigenvalue weighted by Crippen LogP contribution is -2.49. The highest BCUT2D eigenvalue weighted by Crippen LogP contribution is 2.27. The fourth-order valence-electron chi connectivity index (χ4n) is 3.56.